The molecule has 0 fully saturated rings. The summed E-state index contributed by atoms with van der Waals surface area (Å²) in [5.41, 5.74) is 7.50. The Labute approximate surface area is 126 Å². The number of carbonyl (C=O) groups excluding carboxylic acids is 1. The second-order valence-electron chi connectivity index (χ2n) is 5.40. The number of carbonyl (C=O) groups is 1. The molecule has 21 heavy (non-hydrogen) atoms. The van der Waals surface area contributed by atoms with E-state index in [2.05, 4.69) is 13.8 Å². The Morgan fingerprint density at radius 3 is 2.52 bits per heavy atom. The zero-order valence-corrected chi connectivity index (χ0v) is 12.7. The van der Waals surface area contributed by atoms with E-state index in [1.165, 1.54) is 0 Å². The lowest BCUT2D eigenvalue weighted by Gasteiger charge is -2.24. The van der Waals surface area contributed by atoms with E-state index in [1.54, 1.807) is 0 Å². The molecule has 1 aromatic heterocycles. The molecule has 0 atom stereocenters. The number of rotatable bonds is 6. The minimum Gasteiger partial charge on any atom is -0.341 e. The van der Waals surface area contributed by atoms with Crippen LogP contribution in [0.5, 0.6) is 0 Å². The van der Waals surface area contributed by atoms with Crippen LogP contribution >= 0.6 is 0 Å². The van der Waals surface area contributed by atoms with Crippen LogP contribution in [0.3, 0.4) is 0 Å². The molecule has 0 aliphatic rings. The number of amides is 1. The van der Waals surface area contributed by atoms with Gasteiger partial charge in [0.2, 0.25) is 0 Å². The first-order valence-electron chi connectivity index (χ1n) is 7.33. The van der Waals surface area contributed by atoms with E-state index in [4.69, 9.17) is 5.73 Å². The Morgan fingerprint density at radius 2 is 1.90 bits per heavy atom. The molecular formula is C17H23N3O. The van der Waals surface area contributed by atoms with E-state index >= 15 is 0 Å². The second kappa shape index (κ2) is 7.09. The molecule has 0 saturated carbocycles. The Kier molecular flexibility index (Phi) is 5.17. The van der Waals surface area contributed by atoms with Crippen molar-refractivity contribution in [1.29, 1.82) is 0 Å². The smallest absolute Gasteiger partial charge is 0.270 e. The summed E-state index contributed by atoms with van der Waals surface area (Å²) in [6.07, 6.45) is 1.95. The second-order valence-corrected chi connectivity index (χ2v) is 5.40. The summed E-state index contributed by atoms with van der Waals surface area (Å²) in [5, 5.41) is 0. The van der Waals surface area contributed by atoms with Crippen molar-refractivity contribution in [2.75, 3.05) is 13.1 Å². The summed E-state index contributed by atoms with van der Waals surface area (Å²) < 4.78 is 2.00. The largest absolute Gasteiger partial charge is 0.341 e. The quantitative estimate of drug-likeness (QED) is 0.887. The van der Waals surface area contributed by atoms with Crippen molar-refractivity contribution in [2.45, 2.75) is 26.4 Å². The van der Waals surface area contributed by atoms with Crippen molar-refractivity contribution >= 4 is 5.91 Å². The van der Waals surface area contributed by atoms with E-state index in [0.29, 0.717) is 19.6 Å². The number of nitrogens with two attached hydrogens (primary N) is 1. The maximum Gasteiger partial charge on any atom is 0.270 e. The zero-order valence-electron chi connectivity index (χ0n) is 12.7. The summed E-state index contributed by atoms with van der Waals surface area (Å²) in [5.74, 6) is 0.0306. The van der Waals surface area contributed by atoms with Crippen molar-refractivity contribution in [3.63, 3.8) is 0 Å². The van der Waals surface area contributed by atoms with Gasteiger partial charge in [0.25, 0.3) is 5.91 Å². The van der Waals surface area contributed by atoms with Crippen LogP contribution in [0.1, 0.15) is 35.9 Å². The minimum atomic E-state index is 0.0306. The summed E-state index contributed by atoms with van der Waals surface area (Å²) in [6.45, 7) is 5.74. The number of aromatic nitrogens is 1. The highest BCUT2D eigenvalue weighted by molar-refractivity contribution is 5.92. The van der Waals surface area contributed by atoms with Crippen LogP contribution in [-0.4, -0.2) is 28.5 Å². The lowest BCUT2D eigenvalue weighted by molar-refractivity contribution is 0.0735. The van der Waals surface area contributed by atoms with Gasteiger partial charge in [-0.25, -0.2) is 0 Å². The lowest BCUT2D eigenvalue weighted by Crippen LogP contribution is -2.36. The van der Waals surface area contributed by atoms with Crippen LogP contribution in [0.2, 0.25) is 0 Å². The van der Waals surface area contributed by atoms with Crippen molar-refractivity contribution in [2.24, 2.45) is 5.73 Å². The highest BCUT2D eigenvalue weighted by Gasteiger charge is 2.19. The Hall–Kier alpha value is -2.07. The molecule has 0 radical (unpaired) electrons. The topological polar surface area (TPSA) is 51.3 Å². The monoisotopic (exact) mass is 285 g/mol. The van der Waals surface area contributed by atoms with Crippen molar-refractivity contribution in [3.8, 4) is 0 Å². The van der Waals surface area contributed by atoms with Gasteiger partial charge >= 0.3 is 0 Å². The molecule has 0 aliphatic heterocycles. The molecular weight excluding hydrogens is 262 g/mol. The molecule has 1 amide bonds. The van der Waals surface area contributed by atoms with E-state index < -0.39 is 0 Å². The van der Waals surface area contributed by atoms with Gasteiger partial charge in [-0.05, 0) is 31.5 Å². The molecule has 0 spiro atoms. The van der Waals surface area contributed by atoms with Crippen LogP contribution in [-0.2, 0) is 6.54 Å². The maximum absolute atomic E-state index is 12.8. The van der Waals surface area contributed by atoms with Gasteiger partial charge in [-0.15, -0.1) is 0 Å². The Bertz CT molecular complexity index is 575. The maximum atomic E-state index is 12.8. The number of hydrogen-bond donors (Lipinski definition) is 1. The summed E-state index contributed by atoms with van der Waals surface area (Å²) in [6, 6.07) is 14.0. The predicted octanol–water partition coefficient (Wildman–Crippen LogP) is 2.67. The number of nitrogens with zero attached hydrogens (tertiary/aromatic N) is 2. The van der Waals surface area contributed by atoms with Crippen LogP contribution in [0.4, 0.5) is 0 Å². The lowest BCUT2D eigenvalue weighted by atomic mass is 10.2. The highest BCUT2D eigenvalue weighted by atomic mass is 16.2. The molecule has 0 bridgehead atoms. The first kappa shape index (κ1) is 15.3. The molecule has 1 aromatic carbocycles. The summed E-state index contributed by atoms with van der Waals surface area (Å²) >= 11 is 0. The van der Waals surface area contributed by atoms with E-state index in [-0.39, 0.29) is 11.9 Å². The van der Waals surface area contributed by atoms with E-state index in [0.717, 1.165) is 11.3 Å². The van der Waals surface area contributed by atoms with Gasteiger partial charge in [0.1, 0.15) is 5.69 Å². The summed E-state index contributed by atoms with van der Waals surface area (Å²) in [4.78, 5) is 14.6. The molecule has 4 nitrogen and oxygen atoms in total. The van der Waals surface area contributed by atoms with Crippen LogP contribution in [0.15, 0.2) is 48.7 Å². The molecule has 0 aliphatic carbocycles. The zero-order chi connectivity index (χ0) is 15.2. The molecule has 4 heteroatoms. The molecule has 112 valence electrons. The average Bonchev–Trinajstić information content (AvgIpc) is 2.97. The normalized spacial score (nSPS) is 10.9. The van der Waals surface area contributed by atoms with Crippen LogP contribution in [0, 0.1) is 0 Å². The number of hydrogen-bond acceptors (Lipinski definition) is 2. The molecule has 0 saturated heterocycles. The molecule has 2 rings (SSSR count). The van der Waals surface area contributed by atoms with Gasteiger partial charge in [-0.1, -0.05) is 30.3 Å². The van der Waals surface area contributed by atoms with Crippen molar-refractivity contribution < 1.29 is 4.79 Å². The fourth-order valence-corrected chi connectivity index (χ4v) is 2.40. The molecule has 0 unspecified atom stereocenters. The van der Waals surface area contributed by atoms with Gasteiger partial charge in [0, 0.05) is 31.9 Å². The van der Waals surface area contributed by atoms with E-state index in [9.17, 15) is 4.79 Å². The Morgan fingerprint density at radius 1 is 1.19 bits per heavy atom. The number of benzene rings is 1. The SMILES string of the molecule is CC(C)n1cccc1C(=O)N(CCN)Cc1ccccc1. The van der Waals surface area contributed by atoms with Crippen molar-refractivity contribution in [1.82, 2.24) is 9.47 Å². The highest BCUT2D eigenvalue weighted by Crippen LogP contribution is 2.15. The van der Waals surface area contributed by atoms with E-state index in [1.807, 2.05) is 58.1 Å². The van der Waals surface area contributed by atoms with Crippen LogP contribution < -0.4 is 5.73 Å². The predicted molar refractivity (Wildman–Crippen MR) is 85.1 cm³/mol. The van der Waals surface area contributed by atoms with Gasteiger partial charge in [0.15, 0.2) is 0 Å². The minimum absolute atomic E-state index is 0.0306. The van der Waals surface area contributed by atoms with Crippen LogP contribution in [0.25, 0.3) is 0 Å². The van der Waals surface area contributed by atoms with Gasteiger partial charge in [0.05, 0.1) is 0 Å². The third-order valence-electron chi connectivity index (χ3n) is 3.46. The van der Waals surface area contributed by atoms with Gasteiger partial charge in [-0.2, -0.15) is 0 Å². The third-order valence-corrected chi connectivity index (χ3v) is 3.46. The first-order chi connectivity index (χ1) is 10.1. The van der Waals surface area contributed by atoms with Gasteiger partial charge < -0.3 is 15.2 Å². The van der Waals surface area contributed by atoms with Gasteiger partial charge in [-0.3, -0.25) is 4.79 Å². The fraction of sp³-hybridized carbons (Fsp3) is 0.353. The summed E-state index contributed by atoms with van der Waals surface area (Å²) in [7, 11) is 0. The standard InChI is InChI=1S/C17H23N3O/c1-14(2)20-11-6-9-16(20)17(21)19(12-10-18)13-15-7-4-3-5-8-15/h3-9,11,14H,10,12-13,18H2,1-2H3. The average molecular weight is 285 g/mol. The third kappa shape index (κ3) is 3.73. The molecule has 1 heterocycles. The molecule has 2 aromatic rings. The van der Waals surface area contributed by atoms with Crippen molar-refractivity contribution in [3.05, 3.63) is 59.9 Å². The fourth-order valence-electron chi connectivity index (χ4n) is 2.40. The molecule has 2 N–H and O–H groups in total. The first-order valence-corrected chi connectivity index (χ1v) is 7.33. The Balaban J connectivity index is 2.21.